The molecule has 0 aliphatic rings. The molecule has 0 aliphatic carbocycles. The molecule has 6 nitrogen and oxygen atoms in total. The molecule has 108 valence electrons. The van der Waals surface area contributed by atoms with Crippen LogP contribution in [0.1, 0.15) is 0 Å². The first-order valence-electron chi connectivity index (χ1n) is 5.95. The average molecular weight is 294 g/mol. The molecule has 0 radical (unpaired) electrons. The van der Waals surface area contributed by atoms with Gasteiger partial charge in [0.2, 0.25) is 5.95 Å². The van der Waals surface area contributed by atoms with Gasteiger partial charge in [0, 0.05) is 18.6 Å². The highest BCUT2D eigenvalue weighted by molar-refractivity contribution is 5.75. The summed E-state index contributed by atoms with van der Waals surface area (Å²) < 4.78 is 39.8. The van der Waals surface area contributed by atoms with E-state index in [2.05, 4.69) is 20.2 Å². The molecular weight excluding hydrogens is 285 g/mol. The van der Waals surface area contributed by atoms with Crippen LogP contribution in [0.2, 0.25) is 0 Å². The topological polar surface area (TPSA) is 59.2 Å². The Morgan fingerprint density at radius 3 is 2.52 bits per heavy atom. The van der Waals surface area contributed by atoms with Crippen LogP contribution in [-0.4, -0.2) is 37.5 Å². The van der Waals surface area contributed by atoms with Gasteiger partial charge in [-0.1, -0.05) is 0 Å². The monoisotopic (exact) mass is 294 g/mol. The Bertz CT molecular complexity index is 739. The maximum atomic E-state index is 12.8. The zero-order chi connectivity index (χ0) is 14.9. The number of rotatable bonds is 3. The predicted molar refractivity (Wildman–Crippen MR) is 68.1 cm³/mol. The van der Waals surface area contributed by atoms with Crippen LogP contribution in [0.5, 0.6) is 0 Å². The number of anilines is 2. The molecule has 3 aromatic rings. The molecule has 0 aromatic carbocycles. The maximum absolute atomic E-state index is 12.8. The summed E-state index contributed by atoms with van der Waals surface area (Å²) in [5.74, 6) is -0.0476. The summed E-state index contributed by atoms with van der Waals surface area (Å²) in [5.41, 5.74) is 0.681. The molecule has 0 fully saturated rings. The third-order valence-corrected chi connectivity index (χ3v) is 2.71. The smallest absolute Gasteiger partial charge is 0.298 e. The van der Waals surface area contributed by atoms with Gasteiger partial charge in [-0.25, -0.2) is 9.97 Å². The van der Waals surface area contributed by atoms with Crippen LogP contribution in [-0.2, 0) is 0 Å². The van der Waals surface area contributed by atoms with Crippen molar-refractivity contribution in [2.45, 2.75) is 6.18 Å². The van der Waals surface area contributed by atoms with Crippen LogP contribution >= 0.6 is 0 Å². The standard InChI is InChI=1S/C12H9F3N6/c13-12(14,15)8-20(11-16-4-2-5-17-11)10-7-19-21-9(10)3-1-6-18-21/h1-7H,8H2. The van der Waals surface area contributed by atoms with E-state index in [1.54, 1.807) is 12.1 Å². The third-order valence-electron chi connectivity index (χ3n) is 2.71. The summed E-state index contributed by atoms with van der Waals surface area (Å²) in [5, 5.41) is 7.87. The van der Waals surface area contributed by atoms with Crippen molar-refractivity contribution < 1.29 is 13.2 Å². The summed E-state index contributed by atoms with van der Waals surface area (Å²) in [7, 11) is 0. The predicted octanol–water partition coefficient (Wildman–Crippen LogP) is 2.22. The van der Waals surface area contributed by atoms with Crippen molar-refractivity contribution in [2.24, 2.45) is 0 Å². The molecule has 9 heteroatoms. The summed E-state index contributed by atoms with van der Waals surface area (Å²) in [6.45, 7) is -1.22. The lowest BCUT2D eigenvalue weighted by Gasteiger charge is -2.22. The molecule has 0 saturated heterocycles. The van der Waals surface area contributed by atoms with Crippen molar-refractivity contribution in [1.82, 2.24) is 24.8 Å². The summed E-state index contributed by atoms with van der Waals surface area (Å²) in [4.78, 5) is 8.73. The number of fused-ring (bicyclic) bond motifs is 1. The van der Waals surface area contributed by atoms with E-state index in [0.29, 0.717) is 5.52 Å². The zero-order valence-electron chi connectivity index (χ0n) is 10.6. The Kier molecular flexibility index (Phi) is 3.16. The molecule has 3 aromatic heterocycles. The fourth-order valence-corrected chi connectivity index (χ4v) is 1.90. The second-order valence-electron chi connectivity index (χ2n) is 4.18. The van der Waals surface area contributed by atoms with Crippen LogP contribution in [0.4, 0.5) is 24.8 Å². The van der Waals surface area contributed by atoms with Gasteiger partial charge in [-0.15, -0.1) is 4.63 Å². The van der Waals surface area contributed by atoms with Crippen molar-refractivity contribution in [3.8, 4) is 0 Å². The van der Waals surface area contributed by atoms with Gasteiger partial charge in [0.1, 0.15) is 12.1 Å². The summed E-state index contributed by atoms with van der Waals surface area (Å²) in [6, 6.07) is 4.78. The van der Waals surface area contributed by atoms with E-state index in [1.165, 1.54) is 35.5 Å². The van der Waals surface area contributed by atoms with E-state index in [-0.39, 0.29) is 11.6 Å². The Morgan fingerprint density at radius 2 is 1.81 bits per heavy atom. The first-order chi connectivity index (χ1) is 10.0. The van der Waals surface area contributed by atoms with Crippen molar-refractivity contribution in [1.29, 1.82) is 0 Å². The maximum Gasteiger partial charge on any atom is 0.406 e. The van der Waals surface area contributed by atoms with E-state index in [1.807, 2.05) is 0 Å². The lowest BCUT2D eigenvalue weighted by molar-refractivity contribution is -0.118. The van der Waals surface area contributed by atoms with Gasteiger partial charge in [0.05, 0.1) is 11.9 Å². The van der Waals surface area contributed by atoms with Gasteiger partial charge in [-0.3, -0.25) is 4.90 Å². The molecule has 3 rings (SSSR count). The minimum Gasteiger partial charge on any atom is -0.298 e. The third kappa shape index (κ3) is 2.76. The molecule has 21 heavy (non-hydrogen) atoms. The minimum absolute atomic E-state index is 0.0476. The lowest BCUT2D eigenvalue weighted by Crippen LogP contribution is -2.31. The number of alkyl halides is 3. The molecule has 0 bridgehead atoms. The van der Waals surface area contributed by atoms with E-state index in [9.17, 15) is 13.2 Å². The van der Waals surface area contributed by atoms with Crippen LogP contribution in [0.3, 0.4) is 0 Å². The zero-order valence-corrected chi connectivity index (χ0v) is 10.6. The first kappa shape index (κ1) is 13.3. The number of hydrogen-bond donors (Lipinski definition) is 0. The quantitative estimate of drug-likeness (QED) is 0.741. The van der Waals surface area contributed by atoms with Crippen molar-refractivity contribution >= 4 is 17.2 Å². The summed E-state index contributed by atoms with van der Waals surface area (Å²) in [6.07, 6.45) is 1.17. The van der Waals surface area contributed by atoms with Crippen molar-refractivity contribution in [3.63, 3.8) is 0 Å². The van der Waals surface area contributed by atoms with Gasteiger partial charge < -0.3 is 0 Å². The minimum atomic E-state index is -4.41. The van der Waals surface area contributed by atoms with Crippen molar-refractivity contribution in [3.05, 3.63) is 43.0 Å². The number of halogens is 3. The van der Waals surface area contributed by atoms with Gasteiger partial charge in [-0.2, -0.15) is 23.4 Å². The number of hydrogen-bond acceptors (Lipinski definition) is 5. The largest absolute Gasteiger partial charge is 0.406 e. The molecule has 3 heterocycles. The van der Waals surface area contributed by atoms with E-state index >= 15 is 0 Å². The second-order valence-corrected chi connectivity index (χ2v) is 4.18. The molecular formula is C12H9F3N6. The molecule has 0 atom stereocenters. The van der Waals surface area contributed by atoms with E-state index in [4.69, 9.17) is 0 Å². The van der Waals surface area contributed by atoms with E-state index in [0.717, 1.165) is 4.90 Å². The highest BCUT2D eigenvalue weighted by Crippen LogP contribution is 2.29. The van der Waals surface area contributed by atoms with Gasteiger partial charge >= 0.3 is 6.18 Å². The highest BCUT2D eigenvalue weighted by atomic mass is 19.4. The SMILES string of the molecule is FC(F)(F)CN(c1ncccn1)c1cnn2ncccc12. The molecule has 0 aliphatic heterocycles. The first-order valence-corrected chi connectivity index (χ1v) is 5.95. The van der Waals surface area contributed by atoms with Crippen LogP contribution < -0.4 is 4.90 Å². The van der Waals surface area contributed by atoms with Crippen LogP contribution in [0, 0.1) is 0 Å². The van der Waals surface area contributed by atoms with Crippen LogP contribution in [0.15, 0.2) is 43.0 Å². The molecule has 0 unspecified atom stereocenters. The molecule has 0 N–H and O–H groups in total. The fourth-order valence-electron chi connectivity index (χ4n) is 1.90. The van der Waals surface area contributed by atoms with E-state index < -0.39 is 12.7 Å². The Hall–Kier alpha value is -2.71. The fraction of sp³-hybridized carbons (Fsp3) is 0.167. The van der Waals surface area contributed by atoms with Gasteiger partial charge in [0.25, 0.3) is 0 Å². The molecule has 0 saturated carbocycles. The number of aromatic nitrogens is 5. The molecule has 0 spiro atoms. The van der Waals surface area contributed by atoms with Gasteiger partial charge in [-0.05, 0) is 18.2 Å². The summed E-state index contributed by atoms with van der Waals surface area (Å²) >= 11 is 0. The molecule has 0 amide bonds. The van der Waals surface area contributed by atoms with Crippen LogP contribution in [0.25, 0.3) is 5.52 Å². The lowest BCUT2D eigenvalue weighted by atomic mass is 10.3. The number of nitrogens with zero attached hydrogens (tertiary/aromatic N) is 6. The highest BCUT2D eigenvalue weighted by Gasteiger charge is 2.33. The van der Waals surface area contributed by atoms with Gasteiger partial charge in [0.15, 0.2) is 0 Å². The Balaban J connectivity index is 2.11. The Labute approximate surface area is 116 Å². The second kappa shape index (κ2) is 5.00. The Morgan fingerprint density at radius 1 is 1.05 bits per heavy atom. The average Bonchev–Trinajstić information content (AvgIpc) is 2.89. The van der Waals surface area contributed by atoms with Crippen molar-refractivity contribution in [2.75, 3.05) is 11.4 Å². The normalized spacial score (nSPS) is 11.8.